The van der Waals surface area contributed by atoms with Gasteiger partial charge >= 0.3 is 0 Å². The van der Waals surface area contributed by atoms with Crippen LogP contribution in [0.5, 0.6) is 17.2 Å². The zero-order valence-electron chi connectivity index (χ0n) is 15.3. The van der Waals surface area contributed by atoms with Crippen LogP contribution in [-0.2, 0) is 11.8 Å². The molecule has 1 aromatic carbocycles. The number of aromatic nitrogens is 2. The zero-order valence-corrected chi connectivity index (χ0v) is 16.1. The molecule has 9 heteroatoms. The summed E-state index contributed by atoms with van der Waals surface area (Å²) in [7, 11) is 6.70. The van der Waals surface area contributed by atoms with E-state index in [1.165, 1.54) is 0 Å². The van der Waals surface area contributed by atoms with Crippen LogP contribution in [0.25, 0.3) is 0 Å². The van der Waals surface area contributed by atoms with Gasteiger partial charge in [-0.05, 0) is 7.05 Å². The third kappa shape index (κ3) is 5.82. The molecule has 1 heterocycles. The third-order valence-corrected chi connectivity index (χ3v) is 3.60. The lowest BCUT2D eigenvalue weighted by Gasteiger charge is -2.15. The van der Waals surface area contributed by atoms with Gasteiger partial charge in [-0.1, -0.05) is 0 Å². The topological polar surface area (TPSA) is 86.6 Å². The fourth-order valence-corrected chi connectivity index (χ4v) is 2.35. The molecular weight excluding hydrogens is 360 g/mol. The van der Waals surface area contributed by atoms with Gasteiger partial charge in [0.2, 0.25) is 5.91 Å². The normalized spacial score (nSPS) is 11.2. The highest BCUT2D eigenvalue weighted by molar-refractivity contribution is 5.85. The van der Waals surface area contributed by atoms with Gasteiger partial charge < -0.3 is 24.8 Å². The van der Waals surface area contributed by atoms with Gasteiger partial charge in [0.1, 0.15) is 29.9 Å². The number of rotatable bonds is 9. The van der Waals surface area contributed by atoms with Crippen molar-refractivity contribution in [1.29, 1.82) is 0 Å². The number of amides is 1. The Kier molecular flexibility index (Phi) is 8.74. The molecule has 1 aromatic heterocycles. The highest BCUT2D eigenvalue weighted by atomic mass is 35.5. The highest BCUT2D eigenvalue weighted by Gasteiger charge is 2.19. The lowest BCUT2D eigenvalue weighted by molar-refractivity contribution is -0.123. The molecule has 1 atom stereocenters. The van der Waals surface area contributed by atoms with Crippen molar-refractivity contribution >= 4 is 18.3 Å². The van der Waals surface area contributed by atoms with Crippen molar-refractivity contribution in [3.8, 4) is 17.2 Å². The summed E-state index contributed by atoms with van der Waals surface area (Å²) in [4.78, 5) is 12.3. The lowest BCUT2D eigenvalue weighted by Crippen LogP contribution is -2.37. The first kappa shape index (κ1) is 21.6. The van der Waals surface area contributed by atoms with E-state index in [0.717, 1.165) is 5.56 Å². The van der Waals surface area contributed by atoms with Gasteiger partial charge in [-0.15, -0.1) is 12.4 Å². The van der Waals surface area contributed by atoms with Crippen LogP contribution in [-0.4, -0.2) is 50.1 Å². The first-order chi connectivity index (χ1) is 12.1. The molecule has 0 aliphatic heterocycles. The number of halogens is 1. The molecule has 0 aliphatic rings. The van der Waals surface area contributed by atoms with Crippen LogP contribution in [0.1, 0.15) is 11.6 Å². The van der Waals surface area contributed by atoms with Gasteiger partial charge in [-0.25, -0.2) is 0 Å². The summed E-state index contributed by atoms with van der Waals surface area (Å²) in [5, 5.41) is 9.91. The maximum Gasteiger partial charge on any atom is 0.241 e. The Bertz CT molecular complexity index is 686. The maximum atomic E-state index is 12.3. The van der Waals surface area contributed by atoms with Crippen LogP contribution in [0, 0.1) is 0 Å². The van der Waals surface area contributed by atoms with E-state index in [4.69, 9.17) is 14.2 Å². The molecule has 1 unspecified atom stereocenters. The minimum absolute atomic E-state index is 0. The van der Waals surface area contributed by atoms with E-state index in [1.54, 1.807) is 56.5 Å². The Balaban J connectivity index is 0.00000338. The van der Waals surface area contributed by atoms with E-state index in [9.17, 15) is 4.79 Å². The summed E-state index contributed by atoms with van der Waals surface area (Å²) in [6.45, 7) is 0.697. The fourth-order valence-electron chi connectivity index (χ4n) is 2.35. The van der Waals surface area contributed by atoms with Crippen molar-refractivity contribution in [2.45, 2.75) is 6.04 Å². The van der Waals surface area contributed by atoms with Crippen molar-refractivity contribution in [3.63, 3.8) is 0 Å². The SMILES string of the molecule is CNC(C(=O)NCCOc1cc(OC)cc(OC)c1)c1cnn(C)c1.Cl. The molecule has 0 saturated carbocycles. The zero-order chi connectivity index (χ0) is 18.2. The van der Waals surface area contributed by atoms with Crippen molar-refractivity contribution in [1.82, 2.24) is 20.4 Å². The quantitative estimate of drug-likeness (QED) is 0.634. The predicted octanol–water partition coefficient (Wildman–Crippen LogP) is 1.31. The van der Waals surface area contributed by atoms with Gasteiger partial charge in [0.05, 0.1) is 27.0 Å². The average molecular weight is 385 g/mol. The van der Waals surface area contributed by atoms with E-state index in [-0.39, 0.29) is 18.3 Å². The second-order valence-electron chi connectivity index (χ2n) is 5.36. The van der Waals surface area contributed by atoms with Crippen LogP contribution in [0.15, 0.2) is 30.6 Å². The largest absolute Gasteiger partial charge is 0.496 e. The van der Waals surface area contributed by atoms with Crippen LogP contribution in [0.4, 0.5) is 0 Å². The van der Waals surface area contributed by atoms with E-state index in [2.05, 4.69) is 15.7 Å². The van der Waals surface area contributed by atoms with Crippen LogP contribution < -0.4 is 24.8 Å². The number of benzene rings is 1. The molecule has 2 rings (SSSR count). The van der Waals surface area contributed by atoms with Gasteiger partial charge in [0, 0.05) is 37.0 Å². The van der Waals surface area contributed by atoms with Crippen molar-refractivity contribution in [2.75, 3.05) is 34.4 Å². The van der Waals surface area contributed by atoms with Gasteiger partial charge in [0.25, 0.3) is 0 Å². The molecule has 2 N–H and O–H groups in total. The van der Waals surface area contributed by atoms with Crippen molar-refractivity contribution < 1.29 is 19.0 Å². The van der Waals surface area contributed by atoms with E-state index < -0.39 is 6.04 Å². The third-order valence-electron chi connectivity index (χ3n) is 3.60. The van der Waals surface area contributed by atoms with E-state index in [0.29, 0.717) is 30.4 Å². The Morgan fingerprint density at radius 2 is 1.81 bits per heavy atom. The molecule has 144 valence electrons. The van der Waals surface area contributed by atoms with Crippen LogP contribution in [0.3, 0.4) is 0 Å². The maximum absolute atomic E-state index is 12.3. The summed E-state index contributed by atoms with van der Waals surface area (Å²) < 4.78 is 17.7. The number of methoxy groups -OCH3 is 2. The van der Waals surface area contributed by atoms with Crippen molar-refractivity contribution in [2.24, 2.45) is 7.05 Å². The first-order valence-corrected chi connectivity index (χ1v) is 7.86. The minimum atomic E-state index is -0.453. The molecule has 1 amide bonds. The molecule has 0 aliphatic carbocycles. The number of likely N-dealkylation sites (N-methyl/N-ethyl adjacent to an activating group) is 1. The molecule has 26 heavy (non-hydrogen) atoms. The number of ether oxygens (including phenoxy) is 3. The summed E-state index contributed by atoms with van der Waals surface area (Å²) in [5.41, 5.74) is 0.806. The van der Waals surface area contributed by atoms with Crippen LogP contribution >= 0.6 is 12.4 Å². The van der Waals surface area contributed by atoms with Gasteiger partial charge in [-0.2, -0.15) is 5.10 Å². The number of nitrogens with zero attached hydrogens (tertiary/aromatic N) is 2. The number of hydrogen-bond acceptors (Lipinski definition) is 6. The Labute approximate surface area is 159 Å². The van der Waals surface area contributed by atoms with Crippen LogP contribution in [0.2, 0.25) is 0 Å². The molecule has 0 saturated heterocycles. The molecule has 2 aromatic rings. The summed E-state index contributed by atoms with van der Waals surface area (Å²) >= 11 is 0. The minimum Gasteiger partial charge on any atom is -0.496 e. The second kappa shape index (κ2) is 10.5. The summed E-state index contributed by atoms with van der Waals surface area (Å²) in [6, 6.07) is 4.83. The smallest absolute Gasteiger partial charge is 0.241 e. The Morgan fingerprint density at radius 1 is 1.19 bits per heavy atom. The average Bonchev–Trinajstić information content (AvgIpc) is 3.05. The summed E-state index contributed by atoms with van der Waals surface area (Å²) in [6.07, 6.45) is 3.47. The Hall–Kier alpha value is -2.45. The predicted molar refractivity (Wildman–Crippen MR) is 100 cm³/mol. The number of hydrogen-bond donors (Lipinski definition) is 2. The first-order valence-electron chi connectivity index (χ1n) is 7.86. The molecule has 0 fully saturated rings. The standard InChI is InChI=1S/C17H24N4O4.ClH/c1-18-16(12-10-20-21(2)11-12)17(22)19-5-6-25-15-8-13(23-3)7-14(9-15)24-4;/h7-11,16,18H,5-6H2,1-4H3,(H,19,22);1H. The monoisotopic (exact) mass is 384 g/mol. The number of carbonyl (C=O) groups excluding carboxylic acids is 1. The van der Waals surface area contributed by atoms with Gasteiger partial charge in [-0.3, -0.25) is 9.48 Å². The Morgan fingerprint density at radius 3 is 2.31 bits per heavy atom. The van der Waals surface area contributed by atoms with Crippen molar-refractivity contribution in [3.05, 3.63) is 36.2 Å². The molecule has 0 spiro atoms. The molecule has 0 radical (unpaired) electrons. The summed E-state index contributed by atoms with van der Waals surface area (Å²) in [5.74, 6) is 1.76. The molecule has 8 nitrogen and oxygen atoms in total. The van der Waals surface area contributed by atoms with Gasteiger partial charge in [0.15, 0.2) is 0 Å². The van der Waals surface area contributed by atoms with E-state index >= 15 is 0 Å². The number of nitrogens with one attached hydrogen (secondary N) is 2. The van der Waals surface area contributed by atoms with E-state index in [1.807, 2.05) is 7.05 Å². The molecule has 0 bridgehead atoms. The lowest BCUT2D eigenvalue weighted by atomic mass is 10.1. The fraction of sp³-hybridized carbons (Fsp3) is 0.412. The molecular formula is C17H25ClN4O4. The highest BCUT2D eigenvalue weighted by Crippen LogP contribution is 2.27. The number of carbonyl (C=O) groups is 1. The second-order valence-corrected chi connectivity index (χ2v) is 5.36. The number of aryl methyl sites for hydroxylation is 1.